The molecule has 148 valence electrons. The van der Waals surface area contributed by atoms with Gasteiger partial charge in [0.05, 0.1) is 5.56 Å². The Bertz CT molecular complexity index is 1170. The molecule has 0 saturated carbocycles. The van der Waals surface area contributed by atoms with Crippen molar-refractivity contribution in [3.05, 3.63) is 106 Å². The van der Waals surface area contributed by atoms with Crippen LogP contribution in [0.25, 0.3) is 6.08 Å². The van der Waals surface area contributed by atoms with Gasteiger partial charge in [0, 0.05) is 11.1 Å². The van der Waals surface area contributed by atoms with Gasteiger partial charge in [-0.3, -0.25) is 0 Å². The molecule has 5 heteroatoms. The number of benzene rings is 3. The lowest BCUT2D eigenvalue weighted by molar-refractivity contribution is -0.129. The summed E-state index contributed by atoms with van der Waals surface area (Å²) in [7, 11) is 0. The van der Waals surface area contributed by atoms with E-state index in [0.29, 0.717) is 16.9 Å². The molecule has 0 fully saturated rings. The van der Waals surface area contributed by atoms with E-state index in [1.54, 1.807) is 42.5 Å². The van der Waals surface area contributed by atoms with Crippen molar-refractivity contribution >= 4 is 23.9 Å². The van der Waals surface area contributed by atoms with E-state index in [0.717, 1.165) is 16.7 Å². The van der Waals surface area contributed by atoms with Crippen molar-refractivity contribution in [2.75, 3.05) is 0 Å². The van der Waals surface area contributed by atoms with Crippen molar-refractivity contribution in [3.8, 4) is 5.75 Å². The average molecular weight is 397 g/mol. The second kappa shape index (κ2) is 8.17. The van der Waals surface area contributed by atoms with Crippen LogP contribution in [0.1, 0.15) is 32.6 Å². The van der Waals surface area contributed by atoms with Crippen LogP contribution in [-0.2, 0) is 9.53 Å². The fraction of sp³-hybridized carbons (Fsp3) is 0.0800. The van der Waals surface area contributed by atoms with Gasteiger partial charge in [-0.1, -0.05) is 53.6 Å². The molecular formula is C25H19NO4. The smallest absolute Gasteiger partial charge is 0.363 e. The lowest BCUT2D eigenvalue weighted by Crippen LogP contribution is -2.09. The number of hydrogen-bond donors (Lipinski definition) is 0. The zero-order chi connectivity index (χ0) is 21.1. The van der Waals surface area contributed by atoms with Gasteiger partial charge in [0.1, 0.15) is 5.75 Å². The summed E-state index contributed by atoms with van der Waals surface area (Å²) in [5.41, 5.74) is 4.02. The van der Waals surface area contributed by atoms with Gasteiger partial charge in [-0.05, 0) is 50.3 Å². The number of aliphatic imine (C=N–C) groups is 1. The molecular weight excluding hydrogens is 378 g/mol. The first-order valence-corrected chi connectivity index (χ1v) is 9.47. The molecule has 1 aliphatic heterocycles. The predicted octanol–water partition coefficient (Wildman–Crippen LogP) is 4.87. The quantitative estimate of drug-likeness (QED) is 0.358. The highest BCUT2D eigenvalue weighted by atomic mass is 16.6. The van der Waals surface area contributed by atoms with E-state index in [-0.39, 0.29) is 11.6 Å². The van der Waals surface area contributed by atoms with Gasteiger partial charge in [0.15, 0.2) is 5.70 Å². The Morgan fingerprint density at radius 1 is 0.900 bits per heavy atom. The number of para-hydroxylation sites is 1. The van der Waals surface area contributed by atoms with Gasteiger partial charge in [0.2, 0.25) is 5.90 Å². The summed E-state index contributed by atoms with van der Waals surface area (Å²) >= 11 is 0. The number of hydrogen-bond acceptors (Lipinski definition) is 5. The monoisotopic (exact) mass is 397 g/mol. The van der Waals surface area contributed by atoms with Gasteiger partial charge in [-0.25, -0.2) is 14.6 Å². The van der Waals surface area contributed by atoms with Crippen molar-refractivity contribution in [2.45, 2.75) is 13.8 Å². The van der Waals surface area contributed by atoms with Crippen LogP contribution in [0.15, 0.2) is 83.5 Å². The first-order valence-electron chi connectivity index (χ1n) is 9.47. The highest BCUT2D eigenvalue weighted by Crippen LogP contribution is 2.25. The van der Waals surface area contributed by atoms with Crippen LogP contribution in [0.5, 0.6) is 5.75 Å². The van der Waals surface area contributed by atoms with Crippen molar-refractivity contribution in [2.24, 2.45) is 4.99 Å². The third kappa shape index (κ3) is 4.20. The van der Waals surface area contributed by atoms with Gasteiger partial charge in [-0.2, -0.15) is 0 Å². The summed E-state index contributed by atoms with van der Waals surface area (Å²) in [6.07, 6.45) is 1.56. The van der Waals surface area contributed by atoms with E-state index in [1.807, 2.05) is 50.2 Å². The van der Waals surface area contributed by atoms with Crippen molar-refractivity contribution < 1.29 is 19.1 Å². The molecule has 0 bridgehead atoms. The third-order valence-electron chi connectivity index (χ3n) is 4.62. The highest BCUT2D eigenvalue weighted by molar-refractivity contribution is 6.13. The minimum absolute atomic E-state index is 0.143. The van der Waals surface area contributed by atoms with Crippen LogP contribution in [-0.4, -0.2) is 17.8 Å². The Labute approximate surface area is 174 Å². The van der Waals surface area contributed by atoms with Gasteiger partial charge in [0.25, 0.3) is 0 Å². The van der Waals surface area contributed by atoms with E-state index >= 15 is 0 Å². The fourth-order valence-electron chi connectivity index (χ4n) is 2.92. The van der Waals surface area contributed by atoms with Gasteiger partial charge >= 0.3 is 11.9 Å². The lowest BCUT2D eigenvalue weighted by atomic mass is 10.1. The lowest BCUT2D eigenvalue weighted by Gasteiger charge is -2.07. The molecule has 0 amide bonds. The van der Waals surface area contributed by atoms with Crippen LogP contribution in [0.2, 0.25) is 0 Å². The van der Waals surface area contributed by atoms with Crippen LogP contribution >= 0.6 is 0 Å². The Morgan fingerprint density at radius 3 is 2.23 bits per heavy atom. The zero-order valence-corrected chi connectivity index (χ0v) is 16.6. The highest BCUT2D eigenvalue weighted by Gasteiger charge is 2.24. The van der Waals surface area contributed by atoms with E-state index < -0.39 is 11.9 Å². The number of aryl methyl sites for hydroxylation is 2. The summed E-state index contributed by atoms with van der Waals surface area (Å²) in [6.45, 7) is 3.93. The molecule has 1 heterocycles. The molecule has 0 radical (unpaired) electrons. The normalized spacial score (nSPS) is 14.4. The number of ether oxygens (including phenoxy) is 2. The van der Waals surface area contributed by atoms with Crippen LogP contribution in [0, 0.1) is 13.8 Å². The molecule has 0 atom stereocenters. The molecule has 30 heavy (non-hydrogen) atoms. The van der Waals surface area contributed by atoms with Crippen molar-refractivity contribution in [3.63, 3.8) is 0 Å². The molecule has 0 aromatic heterocycles. The molecule has 3 aromatic carbocycles. The molecule has 0 spiro atoms. The Kier molecular flexibility index (Phi) is 5.26. The molecule has 1 aliphatic rings. The second-order valence-electron chi connectivity index (χ2n) is 7.00. The third-order valence-corrected chi connectivity index (χ3v) is 4.62. The SMILES string of the molecule is Cc1ccc(C(=O)Oc2ccccc2/C=C2/N=C(c3ccc(C)cc3)OC2=O)cc1. The van der Waals surface area contributed by atoms with Crippen LogP contribution < -0.4 is 4.74 Å². The summed E-state index contributed by atoms with van der Waals surface area (Å²) in [6, 6.07) is 21.6. The van der Waals surface area contributed by atoms with Gasteiger partial charge < -0.3 is 9.47 Å². The minimum Gasteiger partial charge on any atom is -0.422 e. The maximum absolute atomic E-state index is 12.5. The molecule has 0 N–H and O–H groups in total. The number of cyclic esters (lactones) is 1. The maximum atomic E-state index is 12.5. The number of esters is 2. The number of carbonyl (C=O) groups excluding carboxylic acids is 2. The summed E-state index contributed by atoms with van der Waals surface area (Å²) in [5, 5.41) is 0. The largest absolute Gasteiger partial charge is 0.422 e. The van der Waals surface area contributed by atoms with E-state index in [2.05, 4.69) is 4.99 Å². The second-order valence-corrected chi connectivity index (χ2v) is 7.00. The Hall–Kier alpha value is -3.99. The minimum atomic E-state index is -0.551. The maximum Gasteiger partial charge on any atom is 0.363 e. The van der Waals surface area contributed by atoms with Crippen LogP contribution in [0.3, 0.4) is 0 Å². The summed E-state index contributed by atoms with van der Waals surface area (Å²) in [5.74, 6) is -0.438. The number of nitrogens with zero attached hydrogens (tertiary/aromatic N) is 1. The first-order chi connectivity index (χ1) is 14.5. The fourth-order valence-corrected chi connectivity index (χ4v) is 2.92. The molecule has 3 aromatic rings. The van der Waals surface area contributed by atoms with E-state index in [4.69, 9.17) is 9.47 Å². The standard InChI is InChI=1S/C25H19NO4/c1-16-7-11-18(12-8-16)23-26-21(25(28)30-23)15-20-5-3-4-6-22(20)29-24(27)19-13-9-17(2)10-14-19/h3-15H,1-2H3/b21-15+. The molecule has 0 aliphatic carbocycles. The Morgan fingerprint density at radius 2 is 1.53 bits per heavy atom. The molecule has 5 nitrogen and oxygen atoms in total. The summed E-state index contributed by atoms with van der Waals surface area (Å²) in [4.78, 5) is 29.1. The topological polar surface area (TPSA) is 65.0 Å². The van der Waals surface area contributed by atoms with E-state index in [9.17, 15) is 9.59 Å². The van der Waals surface area contributed by atoms with Gasteiger partial charge in [-0.15, -0.1) is 0 Å². The van der Waals surface area contributed by atoms with Crippen molar-refractivity contribution in [1.82, 2.24) is 0 Å². The van der Waals surface area contributed by atoms with Crippen LogP contribution in [0.4, 0.5) is 0 Å². The first kappa shape index (κ1) is 19.3. The van der Waals surface area contributed by atoms with E-state index in [1.165, 1.54) is 0 Å². The van der Waals surface area contributed by atoms with Crippen molar-refractivity contribution in [1.29, 1.82) is 0 Å². The molecule has 0 unspecified atom stereocenters. The predicted molar refractivity (Wildman–Crippen MR) is 114 cm³/mol. The zero-order valence-electron chi connectivity index (χ0n) is 16.6. The summed E-state index contributed by atoms with van der Waals surface area (Å²) < 4.78 is 10.9. The number of rotatable bonds is 4. The Balaban J connectivity index is 1.61. The number of carbonyl (C=O) groups is 2. The molecule has 4 rings (SSSR count). The molecule has 0 saturated heterocycles. The average Bonchev–Trinajstić information content (AvgIpc) is 3.10.